The number of nitrogens with zero attached hydrogens (tertiary/aromatic N) is 4. The van der Waals surface area contributed by atoms with E-state index in [-0.39, 0.29) is 6.54 Å². The van der Waals surface area contributed by atoms with Crippen molar-refractivity contribution in [2.24, 2.45) is 0 Å². The molecule has 0 aliphatic heterocycles. The molecule has 2 aromatic heterocycles. The van der Waals surface area contributed by atoms with E-state index in [4.69, 9.17) is 0 Å². The number of amides is 1. The second-order valence-corrected chi connectivity index (χ2v) is 8.00. The van der Waals surface area contributed by atoms with Gasteiger partial charge in [-0.15, -0.1) is 0 Å². The van der Waals surface area contributed by atoms with E-state index < -0.39 is 47.1 Å². The SMILES string of the molecule is Cc1cnn(Cc2ccc(Cn3cc(C(=O)NCc4c(F)cccc4F)c(C(F)(F)F)n3)cc2)c1. The first-order chi connectivity index (χ1) is 16.6. The molecule has 6 nitrogen and oxygen atoms in total. The van der Waals surface area contributed by atoms with Gasteiger partial charge in [-0.1, -0.05) is 30.3 Å². The fourth-order valence-electron chi connectivity index (χ4n) is 3.52. The zero-order valence-electron chi connectivity index (χ0n) is 18.5. The standard InChI is InChI=1S/C24H20F5N5O/c1-15-9-31-33(11-15)12-16-5-7-17(8-6-16)13-34-14-19(22(32-34)24(27,28)29)23(35)30-10-18-20(25)3-2-4-21(18)26/h2-9,11,14H,10,12-13H2,1H3,(H,30,35). The van der Waals surface area contributed by atoms with Gasteiger partial charge >= 0.3 is 6.18 Å². The third-order valence-electron chi connectivity index (χ3n) is 5.24. The summed E-state index contributed by atoms with van der Waals surface area (Å²) in [6.45, 7) is 1.84. The van der Waals surface area contributed by atoms with Crippen LogP contribution < -0.4 is 5.32 Å². The second-order valence-electron chi connectivity index (χ2n) is 8.00. The minimum Gasteiger partial charge on any atom is -0.348 e. The molecule has 0 unspecified atom stereocenters. The summed E-state index contributed by atoms with van der Waals surface area (Å²) in [6, 6.07) is 10.3. The molecule has 4 rings (SSSR count). The van der Waals surface area contributed by atoms with Crippen LogP contribution in [0.5, 0.6) is 0 Å². The molecule has 182 valence electrons. The number of aryl methyl sites for hydroxylation is 1. The smallest absolute Gasteiger partial charge is 0.348 e. The first-order valence-electron chi connectivity index (χ1n) is 10.5. The summed E-state index contributed by atoms with van der Waals surface area (Å²) in [7, 11) is 0. The van der Waals surface area contributed by atoms with Crippen molar-refractivity contribution >= 4 is 5.91 Å². The van der Waals surface area contributed by atoms with Gasteiger partial charge in [0.05, 0.1) is 24.8 Å². The maximum atomic E-state index is 13.8. The summed E-state index contributed by atoms with van der Waals surface area (Å²) in [5, 5.41) is 9.90. The molecule has 1 N–H and O–H groups in total. The van der Waals surface area contributed by atoms with E-state index >= 15 is 0 Å². The van der Waals surface area contributed by atoms with Gasteiger partial charge in [-0.25, -0.2) is 8.78 Å². The highest BCUT2D eigenvalue weighted by Crippen LogP contribution is 2.31. The van der Waals surface area contributed by atoms with Gasteiger partial charge in [0, 0.05) is 24.5 Å². The topological polar surface area (TPSA) is 64.7 Å². The number of hydrogen-bond acceptors (Lipinski definition) is 3. The van der Waals surface area contributed by atoms with Gasteiger partial charge in [0.15, 0.2) is 5.69 Å². The molecule has 0 saturated heterocycles. The summed E-state index contributed by atoms with van der Waals surface area (Å²) >= 11 is 0. The van der Waals surface area contributed by atoms with Gasteiger partial charge in [-0.05, 0) is 35.7 Å². The maximum absolute atomic E-state index is 13.8. The van der Waals surface area contributed by atoms with Crippen LogP contribution >= 0.6 is 0 Å². The summed E-state index contributed by atoms with van der Waals surface area (Å²) in [5.41, 5.74) is 0.0807. The minimum absolute atomic E-state index is 0.0144. The van der Waals surface area contributed by atoms with Crippen molar-refractivity contribution in [3.8, 4) is 0 Å². The van der Waals surface area contributed by atoms with Gasteiger partial charge in [-0.2, -0.15) is 23.4 Å². The Morgan fingerprint density at radius 2 is 1.54 bits per heavy atom. The van der Waals surface area contributed by atoms with Crippen molar-refractivity contribution < 1.29 is 26.7 Å². The Morgan fingerprint density at radius 3 is 2.09 bits per heavy atom. The minimum atomic E-state index is -4.90. The number of carbonyl (C=O) groups excluding carboxylic acids is 1. The van der Waals surface area contributed by atoms with Gasteiger partial charge in [0.2, 0.25) is 0 Å². The molecule has 2 aromatic carbocycles. The van der Waals surface area contributed by atoms with Crippen LogP contribution in [-0.2, 0) is 25.8 Å². The van der Waals surface area contributed by atoms with Crippen LogP contribution in [0, 0.1) is 18.6 Å². The number of carbonyl (C=O) groups is 1. The Bertz CT molecular complexity index is 1320. The van der Waals surface area contributed by atoms with Gasteiger partial charge in [0.1, 0.15) is 11.6 Å². The highest BCUT2D eigenvalue weighted by atomic mass is 19.4. The molecule has 35 heavy (non-hydrogen) atoms. The van der Waals surface area contributed by atoms with E-state index in [2.05, 4.69) is 15.5 Å². The second kappa shape index (κ2) is 9.69. The van der Waals surface area contributed by atoms with Crippen LogP contribution in [0.4, 0.5) is 22.0 Å². The summed E-state index contributed by atoms with van der Waals surface area (Å²) in [6.07, 6.45) is -0.294. The van der Waals surface area contributed by atoms with E-state index in [1.165, 1.54) is 0 Å². The van der Waals surface area contributed by atoms with Crippen molar-refractivity contribution in [1.82, 2.24) is 24.9 Å². The predicted octanol–water partition coefficient (Wildman–Crippen LogP) is 4.71. The third kappa shape index (κ3) is 5.73. The lowest BCUT2D eigenvalue weighted by molar-refractivity contribution is -0.141. The average Bonchev–Trinajstić information content (AvgIpc) is 3.41. The van der Waals surface area contributed by atoms with Crippen molar-refractivity contribution in [3.05, 3.63) is 106 Å². The monoisotopic (exact) mass is 489 g/mol. The van der Waals surface area contributed by atoms with Crippen molar-refractivity contribution in [1.29, 1.82) is 0 Å². The number of benzene rings is 2. The Balaban J connectivity index is 1.49. The Morgan fingerprint density at radius 1 is 0.943 bits per heavy atom. The largest absolute Gasteiger partial charge is 0.435 e. The van der Waals surface area contributed by atoms with Gasteiger partial charge in [-0.3, -0.25) is 14.2 Å². The molecule has 2 heterocycles. The third-order valence-corrected chi connectivity index (χ3v) is 5.24. The molecular formula is C24H20F5N5O. The number of halogens is 5. The lowest BCUT2D eigenvalue weighted by Crippen LogP contribution is -2.26. The molecule has 0 atom stereocenters. The first-order valence-corrected chi connectivity index (χ1v) is 10.5. The molecule has 0 fully saturated rings. The van der Waals surface area contributed by atoms with Crippen LogP contribution in [0.15, 0.2) is 61.1 Å². The molecular weight excluding hydrogens is 469 g/mol. The predicted molar refractivity (Wildman–Crippen MR) is 116 cm³/mol. The number of rotatable bonds is 7. The van der Waals surface area contributed by atoms with Crippen LogP contribution in [0.2, 0.25) is 0 Å². The van der Waals surface area contributed by atoms with Crippen LogP contribution in [0.1, 0.15) is 38.3 Å². The molecule has 0 aliphatic carbocycles. The Labute approximate surface area is 197 Å². The quantitative estimate of drug-likeness (QED) is 0.383. The van der Waals surface area contributed by atoms with Crippen molar-refractivity contribution in [3.63, 3.8) is 0 Å². The molecule has 1 amide bonds. The fraction of sp³-hybridized carbons (Fsp3) is 0.208. The van der Waals surface area contributed by atoms with Crippen LogP contribution in [-0.4, -0.2) is 25.5 Å². The van der Waals surface area contributed by atoms with E-state index in [0.29, 0.717) is 12.1 Å². The van der Waals surface area contributed by atoms with Crippen LogP contribution in [0.25, 0.3) is 0 Å². The van der Waals surface area contributed by atoms with Crippen molar-refractivity contribution in [2.75, 3.05) is 0 Å². The van der Waals surface area contributed by atoms with E-state index in [9.17, 15) is 26.7 Å². The maximum Gasteiger partial charge on any atom is 0.435 e. The molecule has 0 radical (unpaired) electrons. The normalized spacial score (nSPS) is 11.6. The Kier molecular flexibility index (Phi) is 6.68. The Hall–Kier alpha value is -4.02. The number of nitrogens with one attached hydrogen (secondary N) is 1. The first kappa shape index (κ1) is 24.1. The fourth-order valence-corrected chi connectivity index (χ4v) is 3.52. The average molecular weight is 489 g/mol. The molecule has 0 bridgehead atoms. The van der Waals surface area contributed by atoms with Gasteiger partial charge in [0.25, 0.3) is 5.91 Å². The molecule has 4 aromatic rings. The summed E-state index contributed by atoms with van der Waals surface area (Å²) in [4.78, 5) is 12.5. The zero-order chi connectivity index (χ0) is 25.2. The number of hydrogen-bond donors (Lipinski definition) is 1. The van der Waals surface area contributed by atoms with Crippen molar-refractivity contribution in [2.45, 2.75) is 32.7 Å². The van der Waals surface area contributed by atoms with Crippen LogP contribution in [0.3, 0.4) is 0 Å². The highest BCUT2D eigenvalue weighted by molar-refractivity contribution is 5.95. The lowest BCUT2D eigenvalue weighted by atomic mass is 10.1. The highest BCUT2D eigenvalue weighted by Gasteiger charge is 2.39. The summed E-state index contributed by atoms with van der Waals surface area (Å²) in [5.74, 6) is -2.97. The molecule has 11 heteroatoms. The molecule has 0 saturated carbocycles. The molecule has 0 aliphatic rings. The van der Waals surface area contributed by atoms with E-state index in [0.717, 1.165) is 40.2 Å². The zero-order valence-corrected chi connectivity index (χ0v) is 18.5. The number of alkyl halides is 3. The van der Waals surface area contributed by atoms with Gasteiger partial charge < -0.3 is 5.32 Å². The van der Waals surface area contributed by atoms with E-state index in [1.807, 2.05) is 25.3 Å². The number of aromatic nitrogens is 4. The molecule has 0 spiro atoms. The lowest BCUT2D eigenvalue weighted by Gasteiger charge is -2.08. The van der Waals surface area contributed by atoms with E-state index in [1.54, 1.807) is 23.0 Å². The summed E-state index contributed by atoms with van der Waals surface area (Å²) < 4.78 is 70.9.